The number of halogens is 2. The van der Waals surface area contributed by atoms with Gasteiger partial charge in [-0.05, 0) is 36.2 Å². The van der Waals surface area contributed by atoms with Crippen molar-refractivity contribution >= 4 is 29.9 Å². The van der Waals surface area contributed by atoms with E-state index in [9.17, 15) is 9.50 Å². The number of nitrogens with zero attached hydrogens (tertiary/aromatic N) is 2. The van der Waals surface area contributed by atoms with Gasteiger partial charge in [-0.15, -0.1) is 24.0 Å². The van der Waals surface area contributed by atoms with Gasteiger partial charge in [0.15, 0.2) is 17.5 Å². The molecule has 126 valence electrons. The van der Waals surface area contributed by atoms with Crippen LogP contribution < -0.4 is 10.6 Å². The first-order valence-electron chi connectivity index (χ1n) is 7.19. The monoisotopic (exact) mass is 432 g/mol. The Bertz CT molecular complexity index is 657. The average Bonchev–Trinajstić information content (AvgIpc) is 2.91. The fourth-order valence-electron chi connectivity index (χ4n) is 2.01. The summed E-state index contributed by atoms with van der Waals surface area (Å²) in [5, 5.41) is 15.5. The van der Waals surface area contributed by atoms with Crippen molar-refractivity contribution in [3.05, 3.63) is 53.6 Å². The molecule has 1 aromatic carbocycles. The molecule has 0 saturated heterocycles. The zero-order valence-electron chi connectivity index (χ0n) is 13.2. The molecule has 0 aliphatic heterocycles. The van der Waals surface area contributed by atoms with Crippen LogP contribution in [0.3, 0.4) is 0 Å². The standard InChI is InChI=1S/C16H21FN4O.HI/c1-3-18-16(20-10-13-6-7-21(2)11-13)19-9-12-4-5-15(22)14(17)8-12;/h4-8,11,22H,3,9-10H2,1-2H3,(H2,18,19,20);1H. The highest BCUT2D eigenvalue weighted by atomic mass is 127. The average molecular weight is 432 g/mol. The molecular formula is C16H22FIN4O. The van der Waals surface area contributed by atoms with E-state index < -0.39 is 5.82 Å². The minimum atomic E-state index is -0.620. The number of aromatic hydroxyl groups is 1. The van der Waals surface area contributed by atoms with Gasteiger partial charge in [-0.3, -0.25) is 0 Å². The Morgan fingerprint density at radius 2 is 2.04 bits per heavy atom. The number of phenolic OH excluding ortho intramolecular Hbond substituents is 1. The van der Waals surface area contributed by atoms with Crippen LogP contribution in [0.15, 0.2) is 41.7 Å². The van der Waals surface area contributed by atoms with E-state index in [2.05, 4.69) is 15.6 Å². The lowest BCUT2D eigenvalue weighted by Gasteiger charge is -2.11. The highest BCUT2D eigenvalue weighted by molar-refractivity contribution is 14.0. The SMILES string of the molecule is CCNC(=NCc1ccn(C)c1)NCc1ccc(O)c(F)c1.I. The highest BCUT2D eigenvalue weighted by Gasteiger charge is 2.03. The first kappa shape index (κ1) is 19.3. The first-order chi connectivity index (χ1) is 10.6. The van der Waals surface area contributed by atoms with Crippen LogP contribution in [0.2, 0.25) is 0 Å². The number of hydrogen-bond donors (Lipinski definition) is 3. The van der Waals surface area contributed by atoms with E-state index in [0.717, 1.165) is 17.7 Å². The van der Waals surface area contributed by atoms with Crippen LogP contribution >= 0.6 is 24.0 Å². The van der Waals surface area contributed by atoms with E-state index in [1.165, 1.54) is 12.1 Å². The Kier molecular flexibility index (Phi) is 7.87. The summed E-state index contributed by atoms with van der Waals surface area (Å²) in [4.78, 5) is 4.49. The summed E-state index contributed by atoms with van der Waals surface area (Å²) in [6, 6.07) is 6.35. The lowest BCUT2D eigenvalue weighted by atomic mass is 10.2. The summed E-state index contributed by atoms with van der Waals surface area (Å²) in [6.07, 6.45) is 3.99. The Morgan fingerprint density at radius 1 is 1.26 bits per heavy atom. The van der Waals surface area contributed by atoms with Gasteiger partial charge in [0.1, 0.15) is 0 Å². The van der Waals surface area contributed by atoms with Crippen LogP contribution in [-0.4, -0.2) is 22.2 Å². The fraction of sp³-hybridized carbons (Fsp3) is 0.312. The molecule has 0 amide bonds. The second kappa shape index (κ2) is 9.39. The molecule has 0 radical (unpaired) electrons. The first-order valence-corrected chi connectivity index (χ1v) is 7.19. The van der Waals surface area contributed by atoms with E-state index in [1.54, 1.807) is 6.07 Å². The fourth-order valence-corrected chi connectivity index (χ4v) is 2.01. The molecule has 5 nitrogen and oxygen atoms in total. The van der Waals surface area contributed by atoms with Crippen molar-refractivity contribution in [3.63, 3.8) is 0 Å². The summed E-state index contributed by atoms with van der Waals surface area (Å²) in [5.74, 6) is -0.293. The number of guanidine groups is 1. The Morgan fingerprint density at radius 3 is 2.65 bits per heavy atom. The van der Waals surface area contributed by atoms with E-state index >= 15 is 0 Å². The van der Waals surface area contributed by atoms with Crippen LogP contribution in [0.25, 0.3) is 0 Å². The lowest BCUT2D eigenvalue weighted by Crippen LogP contribution is -2.36. The summed E-state index contributed by atoms with van der Waals surface area (Å²) in [5.41, 5.74) is 1.86. The third kappa shape index (κ3) is 6.09. The van der Waals surface area contributed by atoms with Crippen molar-refractivity contribution < 1.29 is 9.50 Å². The molecule has 0 spiro atoms. The molecule has 0 atom stereocenters. The van der Waals surface area contributed by atoms with Gasteiger partial charge < -0.3 is 20.3 Å². The van der Waals surface area contributed by atoms with Gasteiger partial charge in [-0.25, -0.2) is 9.38 Å². The number of nitrogens with one attached hydrogen (secondary N) is 2. The maximum absolute atomic E-state index is 13.3. The van der Waals surface area contributed by atoms with Crippen molar-refractivity contribution in [2.24, 2.45) is 12.0 Å². The van der Waals surface area contributed by atoms with Crippen molar-refractivity contribution in [2.45, 2.75) is 20.0 Å². The maximum atomic E-state index is 13.3. The molecular weight excluding hydrogens is 410 g/mol. The normalized spacial score (nSPS) is 11.0. The third-order valence-electron chi connectivity index (χ3n) is 3.13. The number of benzene rings is 1. The zero-order chi connectivity index (χ0) is 15.9. The van der Waals surface area contributed by atoms with E-state index in [-0.39, 0.29) is 29.7 Å². The molecule has 23 heavy (non-hydrogen) atoms. The minimum Gasteiger partial charge on any atom is -0.505 e. The van der Waals surface area contributed by atoms with Crippen molar-refractivity contribution in [3.8, 4) is 5.75 Å². The van der Waals surface area contributed by atoms with Crippen molar-refractivity contribution in [1.29, 1.82) is 0 Å². The molecule has 0 saturated carbocycles. The van der Waals surface area contributed by atoms with Gasteiger partial charge in [0.05, 0.1) is 6.54 Å². The molecule has 0 bridgehead atoms. The quantitative estimate of drug-likeness (QED) is 0.387. The molecule has 2 aromatic rings. The topological polar surface area (TPSA) is 61.6 Å². The summed E-state index contributed by atoms with van der Waals surface area (Å²) in [7, 11) is 1.97. The number of aryl methyl sites for hydroxylation is 1. The minimum absolute atomic E-state index is 0. The smallest absolute Gasteiger partial charge is 0.191 e. The lowest BCUT2D eigenvalue weighted by molar-refractivity contribution is 0.431. The largest absolute Gasteiger partial charge is 0.505 e. The van der Waals surface area contributed by atoms with Crippen LogP contribution in [-0.2, 0) is 20.1 Å². The van der Waals surface area contributed by atoms with Crippen molar-refractivity contribution in [2.75, 3.05) is 6.54 Å². The Hall–Kier alpha value is -1.77. The summed E-state index contributed by atoms with van der Waals surface area (Å²) >= 11 is 0. The van der Waals surface area contributed by atoms with Crippen LogP contribution in [0.5, 0.6) is 5.75 Å². The molecule has 1 heterocycles. The Labute approximate surface area is 152 Å². The van der Waals surface area contributed by atoms with Crippen LogP contribution in [0.4, 0.5) is 4.39 Å². The molecule has 0 aliphatic carbocycles. The number of phenols is 1. The zero-order valence-corrected chi connectivity index (χ0v) is 15.5. The molecule has 7 heteroatoms. The maximum Gasteiger partial charge on any atom is 0.191 e. The van der Waals surface area contributed by atoms with Crippen molar-refractivity contribution in [1.82, 2.24) is 15.2 Å². The van der Waals surface area contributed by atoms with Crippen LogP contribution in [0, 0.1) is 5.82 Å². The van der Waals surface area contributed by atoms with Gasteiger partial charge in [0.2, 0.25) is 0 Å². The highest BCUT2D eigenvalue weighted by Crippen LogP contribution is 2.15. The van der Waals surface area contributed by atoms with Gasteiger partial charge in [-0.1, -0.05) is 6.07 Å². The number of aliphatic imine (C=N–C) groups is 1. The second-order valence-electron chi connectivity index (χ2n) is 5.02. The number of rotatable bonds is 5. The van der Waals surface area contributed by atoms with Crippen LogP contribution in [0.1, 0.15) is 18.1 Å². The molecule has 3 N–H and O–H groups in total. The Balaban J connectivity index is 0.00000264. The third-order valence-corrected chi connectivity index (χ3v) is 3.13. The van der Waals surface area contributed by atoms with Gasteiger partial charge in [-0.2, -0.15) is 0 Å². The molecule has 0 aliphatic rings. The van der Waals surface area contributed by atoms with Gasteiger partial charge >= 0.3 is 0 Å². The van der Waals surface area contributed by atoms with Gasteiger partial charge in [0, 0.05) is 32.5 Å². The number of aromatic nitrogens is 1. The summed E-state index contributed by atoms with van der Waals surface area (Å²) in [6.45, 7) is 3.72. The predicted octanol–water partition coefficient (Wildman–Crippen LogP) is 2.74. The van der Waals surface area contributed by atoms with E-state index in [0.29, 0.717) is 19.0 Å². The second-order valence-corrected chi connectivity index (χ2v) is 5.02. The molecule has 1 aromatic heterocycles. The number of hydrogen-bond acceptors (Lipinski definition) is 2. The molecule has 0 unspecified atom stereocenters. The predicted molar refractivity (Wildman–Crippen MR) is 101 cm³/mol. The molecule has 2 rings (SSSR count). The van der Waals surface area contributed by atoms with E-state index in [4.69, 9.17) is 0 Å². The van der Waals surface area contributed by atoms with Gasteiger partial charge in [0.25, 0.3) is 0 Å². The molecule has 0 fully saturated rings. The summed E-state index contributed by atoms with van der Waals surface area (Å²) < 4.78 is 15.3. The van der Waals surface area contributed by atoms with E-state index in [1.807, 2.05) is 37.0 Å².